The number of thiophene rings is 1. The molecular formula is C18H17BrN4OS. The van der Waals surface area contributed by atoms with Crippen LogP contribution in [0.3, 0.4) is 0 Å². The number of anilines is 1. The lowest BCUT2D eigenvalue weighted by Crippen LogP contribution is -2.48. The van der Waals surface area contributed by atoms with Crippen molar-refractivity contribution in [1.82, 2.24) is 15.1 Å². The van der Waals surface area contributed by atoms with Crippen LogP contribution in [0.15, 0.2) is 52.3 Å². The van der Waals surface area contributed by atoms with Gasteiger partial charge in [-0.15, -0.1) is 11.3 Å². The first kappa shape index (κ1) is 16.4. The number of nitrogens with zero attached hydrogens (tertiary/aromatic N) is 3. The van der Waals surface area contributed by atoms with Crippen molar-refractivity contribution in [2.75, 3.05) is 31.1 Å². The van der Waals surface area contributed by atoms with Gasteiger partial charge in [0.15, 0.2) is 5.82 Å². The van der Waals surface area contributed by atoms with Crippen LogP contribution in [0.4, 0.5) is 5.82 Å². The number of aromatic amines is 1. The first-order chi connectivity index (χ1) is 12.2. The molecule has 1 N–H and O–H groups in total. The molecule has 0 unspecified atom stereocenters. The van der Waals surface area contributed by atoms with Crippen molar-refractivity contribution in [3.8, 4) is 10.6 Å². The quantitative estimate of drug-likeness (QED) is 0.704. The summed E-state index contributed by atoms with van der Waals surface area (Å²) < 4.78 is 0.926. The lowest BCUT2D eigenvalue weighted by atomic mass is 10.2. The molecule has 0 atom stereocenters. The van der Waals surface area contributed by atoms with Gasteiger partial charge in [0.05, 0.1) is 10.6 Å². The van der Waals surface area contributed by atoms with E-state index in [2.05, 4.69) is 48.5 Å². The van der Waals surface area contributed by atoms with E-state index < -0.39 is 0 Å². The number of nitrogens with one attached hydrogen (secondary N) is 1. The number of carbonyl (C=O) groups is 1. The molecule has 0 radical (unpaired) electrons. The first-order valence-corrected chi connectivity index (χ1v) is 9.77. The molecule has 7 heteroatoms. The summed E-state index contributed by atoms with van der Waals surface area (Å²) in [6.45, 7) is 2.97. The van der Waals surface area contributed by atoms with Crippen LogP contribution in [0.5, 0.6) is 0 Å². The number of hydrogen-bond acceptors (Lipinski definition) is 4. The summed E-state index contributed by atoms with van der Waals surface area (Å²) in [6, 6.07) is 13.7. The van der Waals surface area contributed by atoms with Crippen LogP contribution in [0, 0.1) is 0 Å². The standard InChI is InChI=1S/C18H17BrN4OS/c19-14-4-1-3-13(11-14)18(24)23-8-6-22(7-9-23)17-12-15(20-21-17)16-5-2-10-25-16/h1-5,10-12H,6-9H2,(H,20,21). The van der Waals surface area contributed by atoms with Gasteiger partial charge in [-0.05, 0) is 29.6 Å². The second-order valence-corrected chi connectivity index (χ2v) is 7.77. The third-order valence-electron chi connectivity index (χ3n) is 4.31. The number of rotatable bonds is 3. The Morgan fingerprint density at radius 3 is 2.68 bits per heavy atom. The minimum absolute atomic E-state index is 0.0854. The van der Waals surface area contributed by atoms with Gasteiger partial charge in [-0.2, -0.15) is 5.10 Å². The number of piperazine rings is 1. The van der Waals surface area contributed by atoms with Gasteiger partial charge < -0.3 is 9.80 Å². The summed E-state index contributed by atoms with van der Waals surface area (Å²) in [5.41, 5.74) is 1.76. The van der Waals surface area contributed by atoms with Crippen LogP contribution in [0.1, 0.15) is 10.4 Å². The minimum Gasteiger partial charge on any atom is -0.352 e. The summed E-state index contributed by atoms with van der Waals surface area (Å²) in [5.74, 6) is 1.03. The van der Waals surface area contributed by atoms with Gasteiger partial charge in [0.1, 0.15) is 0 Å². The van der Waals surface area contributed by atoms with E-state index in [-0.39, 0.29) is 5.91 Å². The van der Waals surface area contributed by atoms with E-state index in [0.29, 0.717) is 13.1 Å². The molecule has 2 aromatic heterocycles. The maximum Gasteiger partial charge on any atom is 0.254 e. The van der Waals surface area contributed by atoms with Crippen LogP contribution in [-0.2, 0) is 0 Å². The van der Waals surface area contributed by atoms with Crippen molar-refractivity contribution in [1.29, 1.82) is 0 Å². The molecule has 0 saturated carbocycles. The number of benzene rings is 1. The molecule has 128 valence electrons. The highest BCUT2D eigenvalue weighted by molar-refractivity contribution is 9.10. The molecule has 1 aliphatic heterocycles. The summed E-state index contributed by atoms with van der Waals surface area (Å²) in [4.78, 5) is 17.9. The molecule has 0 aliphatic carbocycles. The topological polar surface area (TPSA) is 52.2 Å². The van der Waals surface area contributed by atoms with E-state index in [1.54, 1.807) is 11.3 Å². The molecule has 3 heterocycles. The molecular weight excluding hydrogens is 400 g/mol. The molecule has 1 saturated heterocycles. The van der Waals surface area contributed by atoms with Crippen LogP contribution in [-0.4, -0.2) is 47.2 Å². The average molecular weight is 417 g/mol. The van der Waals surface area contributed by atoms with Gasteiger partial charge in [0.2, 0.25) is 0 Å². The molecule has 5 nitrogen and oxygen atoms in total. The number of H-pyrrole nitrogens is 1. The molecule has 4 rings (SSSR count). The Labute approximate surface area is 158 Å². The fourth-order valence-electron chi connectivity index (χ4n) is 2.97. The molecule has 0 spiro atoms. The Bertz CT molecular complexity index is 869. The molecule has 1 amide bonds. The molecule has 0 bridgehead atoms. The highest BCUT2D eigenvalue weighted by Crippen LogP contribution is 2.26. The number of aromatic nitrogens is 2. The molecule has 1 aromatic carbocycles. The second-order valence-electron chi connectivity index (χ2n) is 5.91. The molecule has 3 aromatic rings. The van der Waals surface area contributed by atoms with Gasteiger partial charge in [0, 0.05) is 42.3 Å². The van der Waals surface area contributed by atoms with E-state index in [9.17, 15) is 4.79 Å². The van der Waals surface area contributed by atoms with E-state index >= 15 is 0 Å². The fourth-order valence-corrected chi connectivity index (χ4v) is 4.07. The van der Waals surface area contributed by atoms with Gasteiger partial charge in [-0.3, -0.25) is 9.89 Å². The SMILES string of the molecule is O=C(c1cccc(Br)c1)N1CCN(c2cc(-c3cccs3)[nH]n2)CC1. The lowest BCUT2D eigenvalue weighted by molar-refractivity contribution is 0.0746. The van der Waals surface area contributed by atoms with Crippen molar-refractivity contribution in [2.24, 2.45) is 0 Å². The minimum atomic E-state index is 0.0854. The third-order valence-corrected chi connectivity index (χ3v) is 5.71. The predicted molar refractivity (Wildman–Crippen MR) is 104 cm³/mol. The van der Waals surface area contributed by atoms with Crippen molar-refractivity contribution < 1.29 is 4.79 Å². The zero-order valence-corrected chi connectivity index (χ0v) is 15.9. The lowest BCUT2D eigenvalue weighted by Gasteiger charge is -2.34. The van der Waals surface area contributed by atoms with Gasteiger partial charge in [-0.25, -0.2) is 0 Å². The molecule has 25 heavy (non-hydrogen) atoms. The van der Waals surface area contributed by atoms with Crippen LogP contribution in [0.2, 0.25) is 0 Å². The molecule has 1 fully saturated rings. The largest absolute Gasteiger partial charge is 0.352 e. The zero-order valence-electron chi connectivity index (χ0n) is 13.5. The maximum absolute atomic E-state index is 12.6. The van der Waals surface area contributed by atoms with E-state index in [4.69, 9.17) is 0 Å². The van der Waals surface area contributed by atoms with Crippen LogP contribution in [0.25, 0.3) is 10.6 Å². The molecule has 1 aliphatic rings. The summed E-state index contributed by atoms with van der Waals surface area (Å²) >= 11 is 5.12. The Balaban J connectivity index is 1.41. The monoisotopic (exact) mass is 416 g/mol. The average Bonchev–Trinajstić information content (AvgIpc) is 3.32. The number of amides is 1. The summed E-state index contributed by atoms with van der Waals surface area (Å²) in [7, 11) is 0. The van der Waals surface area contributed by atoms with E-state index in [1.807, 2.05) is 35.2 Å². The fraction of sp³-hybridized carbons (Fsp3) is 0.222. The second kappa shape index (κ2) is 7.01. The first-order valence-electron chi connectivity index (χ1n) is 8.10. The van der Waals surface area contributed by atoms with Crippen molar-refractivity contribution >= 4 is 39.0 Å². The summed E-state index contributed by atoms with van der Waals surface area (Å²) in [6.07, 6.45) is 0. The smallest absolute Gasteiger partial charge is 0.254 e. The third kappa shape index (κ3) is 3.48. The van der Waals surface area contributed by atoms with Gasteiger partial charge in [0.25, 0.3) is 5.91 Å². The Kier molecular flexibility index (Phi) is 4.59. The Hall–Kier alpha value is -2.12. The van der Waals surface area contributed by atoms with Crippen molar-refractivity contribution in [2.45, 2.75) is 0 Å². The Morgan fingerprint density at radius 1 is 1.12 bits per heavy atom. The zero-order chi connectivity index (χ0) is 17.2. The van der Waals surface area contributed by atoms with Crippen molar-refractivity contribution in [3.63, 3.8) is 0 Å². The Morgan fingerprint density at radius 2 is 1.96 bits per heavy atom. The number of halogens is 1. The number of carbonyl (C=O) groups excluding carboxylic acids is 1. The number of hydrogen-bond donors (Lipinski definition) is 1. The van der Waals surface area contributed by atoms with Crippen LogP contribution < -0.4 is 4.90 Å². The van der Waals surface area contributed by atoms with Gasteiger partial charge in [-0.1, -0.05) is 28.1 Å². The van der Waals surface area contributed by atoms with E-state index in [0.717, 1.165) is 34.6 Å². The van der Waals surface area contributed by atoms with Gasteiger partial charge >= 0.3 is 0 Å². The normalized spacial score (nSPS) is 14.8. The van der Waals surface area contributed by atoms with Crippen molar-refractivity contribution in [3.05, 3.63) is 57.9 Å². The van der Waals surface area contributed by atoms with Crippen LogP contribution >= 0.6 is 27.3 Å². The maximum atomic E-state index is 12.6. The predicted octanol–water partition coefficient (Wildman–Crippen LogP) is 3.86. The van der Waals surface area contributed by atoms with E-state index in [1.165, 1.54) is 4.88 Å². The highest BCUT2D eigenvalue weighted by atomic mass is 79.9. The summed E-state index contributed by atoms with van der Waals surface area (Å²) in [5, 5.41) is 9.60. The highest BCUT2D eigenvalue weighted by Gasteiger charge is 2.23.